The van der Waals surface area contributed by atoms with E-state index < -0.39 is 5.82 Å². The molecule has 1 amide bonds. The van der Waals surface area contributed by atoms with Crippen molar-refractivity contribution in [3.63, 3.8) is 0 Å². The van der Waals surface area contributed by atoms with E-state index >= 15 is 0 Å². The van der Waals surface area contributed by atoms with Crippen molar-refractivity contribution in [2.45, 2.75) is 38.8 Å². The molecule has 1 aliphatic rings. The minimum atomic E-state index is -0.441. The molecule has 0 atom stereocenters. The maximum Gasteiger partial charge on any atom is 0.346 e. The fraction of sp³-hybridized carbons (Fsp3) is 0.375. The minimum Gasteiger partial charge on any atom is -0.322 e. The van der Waals surface area contributed by atoms with Crippen LogP contribution in [0.2, 0.25) is 0 Å². The van der Waals surface area contributed by atoms with E-state index in [0.717, 1.165) is 37.3 Å². The SMILES string of the molecule is CCn1c(C2CCN(CC(=O)Nc3ccccc3F)CC2)nn(Cc2ccccc2)c1=O. The molecule has 0 saturated carbocycles. The minimum absolute atomic E-state index is 0.0851. The monoisotopic (exact) mass is 437 g/mol. The van der Waals surface area contributed by atoms with Crippen molar-refractivity contribution in [3.8, 4) is 0 Å². The molecule has 1 fully saturated rings. The molecule has 0 aliphatic carbocycles. The van der Waals surface area contributed by atoms with E-state index in [0.29, 0.717) is 13.1 Å². The number of carbonyl (C=O) groups excluding carboxylic acids is 1. The van der Waals surface area contributed by atoms with Crippen LogP contribution in [-0.2, 0) is 17.9 Å². The summed E-state index contributed by atoms with van der Waals surface area (Å²) in [6.45, 7) is 4.65. The molecular formula is C24H28FN5O2. The van der Waals surface area contributed by atoms with Crippen LogP contribution >= 0.6 is 0 Å². The first-order valence-electron chi connectivity index (χ1n) is 11.0. The number of para-hydroxylation sites is 1. The van der Waals surface area contributed by atoms with Crippen LogP contribution in [0.25, 0.3) is 0 Å². The summed E-state index contributed by atoms with van der Waals surface area (Å²) in [7, 11) is 0. The van der Waals surface area contributed by atoms with E-state index in [1.165, 1.54) is 6.07 Å². The molecule has 2 heterocycles. The average Bonchev–Trinajstić information content (AvgIpc) is 3.11. The Balaban J connectivity index is 1.37. The number of nitrogens with one attached hydrogen (secondary N) is 1. The van der Waals surface area contributed by atoms with E-state index in [-0.39, 0.29) is 29.7 Å². The molecule has 3 aromatic rings. The molecule has 168 valence electrons. The lowest BCUT2D eigenvalue weighted by molar-refractivity contribution is -0.117. The summed E-state index contributed by atoms with van der Waals surface area (Å²) in [5.74, 6) is 0.323. The first-order valence-corrected chi connectivity index (χ1v) is 11.0. The molecule has 2 aromatic carbocycles. The van der Waals surface area contributed by atoms with Gasteiger partial charge in [-0.2, -0.15) is 5.10 Å². The number of rotatable bonds is 7. The Hall–Kier alpha value is -3.26. The zero-order chi connectivity index (χ0) is 22.5. The summed E-state index contributed by atoms with van der Waals surface area (Å²) in [6.07, 6.45) is 1.63. The van der Waals surface area contributed by atoms with Crippen LogP contribution < -0.4 is 11.0 Å². The second-order valence-corrected chi connectivity index (χ2v) is 8.11. The number of nitrogens with zero attached hydrogens (tertiary/aromatic N) is 4. The van der Waals surface area contributed by atoms with Gasteiger partial charge in [0.1, 0.15) is 11.6 Å². The zero-order valence-electron chi connectivity index (χ0n) is 18.2. The third-order valence-corrected chi connectivity index (χ3v) is 5.91. The molecular weight excluding hydrogens is 409 g/mol. The molecule has 0 radical (unpaired) electrons. The van der Waals surface area contributed by atoms with Crippen molar-refractivity contribution in [1.82, 2.24) is 19.2 Å². The summed E-state index contributed by atoms with van der Waals surface area (Å²) >= 11 is 0. The highest BCUT2D eigenvalue weighted by Gasteiger charge is 2.27. The van der Waals surface area contributed by atoms with Gasteiger partial charge in [-0.25, -0.2) is 13.9 Å². The fourth-order valence-corrected chi connectivity index (χ4v) is 4.22. The fourth-order valence-electron chi connectivity index (χ4n) is 4.22. The van der Waals surface area contributed by atoms with Gasteiger partial charge in [0.2, 0.25) is 5.91 Å². The van der Waals surface area contributed by atoms with E-state index in [9.17, 15) is 14.0 Å². The number of hydrogen-bond donors (Lipinski definition) is 1. The number of aromatic nitrogens is 3. The number of anilines is 1. The zero-order valence-corrected chi connectivity index (χ0v) is 18.2. The van der Waals surface area contributed by atoms with Crippen LogP contribution in [0.4, 0.5) is 10.1 Å². The Morgan fingerprint density at radius 2 is 1.78 bits per heavy atom. The first-order chi connectivity index (χ1) is 15.5. The Kier molecular flexibility index (Phi) is 6.80. The van der Waals surface area contributed by atoms with Crippen molar-refractivity contribution in [1.29, 1.82) is 0 Å². The third-order valence-electron chi connectivity index (χ3n) is 5.91. The van der Waals surface area contributed by atoms with Crippen LogP contribution in [0.3, 0.4) is 0 Å². The van der Waals surface area contributed by atoms with Gasteiger partial charge in [-0.3, -0.25) is 14.3 Å². The van der Waals surface area contributed by atoms with Gasteiger partial charge in [-0.15, -0.1) is 0 Å². The second-order valence-electron chi connectivity index (χ2n) is 8.11. The van der Waals surface area contributed by atoms with Crippen LogP contribution in [-0.4, -0.2) is 44.8 Å². The van der Waals surface area contributed by atoms with Crippen molar-refractivity contribution >= 4 is 11.6 Å². The molecule has 1 N–H and O–H groups in total. The van der Waals surface area contributed by atoms with Crippen LogP contribution in [0.5, 0.6) is 0 Å². The summed E-state index contributed by atoms with van der Waals surface area (Å²) in [5.41, 5.74) is 1.15. The van der Waals surface area contributed by atoms with Gasteiger partial charge in [0.25, 0.3) is 0 Å². The average molecular weight is 438 g/mol. The molecule has 0 spiro atoms. The smallest absolute Gasteiger partial charge is 0.322 e. The lowest BCUT2D eigenvalue weighted by Crippen LogP contribution is -2.39. The van der Waals surface area contributed by atoms with E-state index in [1.807, 2.05) is 37.3 Å². The Bertz CT molecular complexity index is 1120. The lowest BCUT2D eigenvalue weighted by atomic mass is 9.96. The van der Waals surface area contributed by atoms with Gasteiger partial charge in [-0.05, 0) is 50.6 Å². The normalized spacial score (nSPS) is 15.1. The molecule has 4 rings (SSSR count). The first kappa shape index (κ1) is 22.0. The van der Waals surface area contributed by atoms with E-state index in [2.05, 4.69) is 15.3 Å². The highest BCUT2D eigenvalue weighted by molar-refractivity contribution is 5.92. The number of hydrogen-bond acceptors (Lipinski definition) is 4. The van der Waals surface area contributed by atoms with Gasteiger partial charge in [0.05, 0.1) is 18.8 Å². The van der Waals surface area contributed by atoms with Gasteiger partial charge in [0.15, 0.2) is 0 Å². The van der Waals surface area contributed by atoms with Crippen LogP contribution in [0.15, 0.2) is 59.4 Å². The van der Waals surface area contributed by atoms with Crippen LogP contribution in [0, 0.1) is 5.82 Å². The predicted molar refractivity (Wildman–Crippen MR) is 121 cm³/mol. The standard InChI is InChI=1S/C24H28FN5O2/c1-2-29-23(27-30(24(29)32)16-18-8-4-3-5-9-18)19-12-14-28(15-13-19)17-22(31)26-21-11-7-6-10-20(21)25/h3-11,19H,2,12-17H2,1H3,(H,26,31). The number of benzene rings is 2. The maximum atomic E-state index is 13.7. The molecule has 0 unspecified atom stereocenters. The number of piperidine rings is 1. The van der Waals surface area contributed by atoms with Gasteiger partial charge >= 0.3 is 5.69 Å². The third kappa shape index (κ3) is 4.96. The molecule has 8 heteroatoms. The summed E-state index contributed by atoms with van der Waals surface area (Å²) in [5, 5.41) is 7.31. The Labute approximate surface area is 186 Å². The molecule has 1 saturated heterocycles. The Morgan fingerprint density at radius 3 is 2.47 bits per heavy atom. The maximum absolute atomic E-state index is 13.7. The topological polar surface area (TPSA) is 72.2 Å². The van der Waals surface area contributed by atoms with Crippen molar-refractivity contribution in [2.24, 2.45) is 0 Å². The highest BCUT2D eigenvalue weighted by Crippen LogP contribution is 2.26. The quantitative estimate of drug-likeness (QED) is 0.617. The molecule has 0 bridgehead atoms. The van der Waals surface area contributed by atoms with Gasteiger partial charge in [-0.1, -0.05) is 42.5 Å². The van der Waals surface area contributed by atoms with Gasteiger partial charge < -0.3 is 5.32 Å². The van der Waals surface area contributed by atoms with E-state index in [1.54, 1.807) is 27.4 Å². The Morgan fingerprint density at radius 1 is 1.09 bits per heavy atom. The van der Waals surface area contributed by atoms with Crippen molar-refractivity contribution < 1.29 is 9.18 Å². The van der Waals surface area contributed by atoms with Crippen molar-refractivity contribution in [3.05, 3.63) is 82.3 Å². The predicted octanol–water partition coefficient (Wildman–Crippen LogP) is 3.07. The number of likely N-dealkylation sites (tertiary alicyclic amines) is 1. The molecule has 32 heavy (non-hydrogen) atoms. The molecule has 1 aromatic heterocycles. The van der Waals surface area contributed by atoms with Crippen LogP contribution in [0.1, 0.15) is 37.1 Å². The summed E-state index contributed by atoms with van der Waals surface area (Å²) in [4.78, 5) is 27.2. The van der Waals surface area contributed by atoms with Gasteiger partial charge in [0, 0.05) is 12.5 Å². The number of halogens is 1. The number of amides is 1. The molecule has 7 nitrogen and oxygen atoms in total. The number of carbonyl (C=O) groups is 1. The van der Waals surface area contributed by atoms with E-state index in [4.69, 9.17) is 0 Å². The summed E-state index contributed by atoms with van der Waals surface area (Å²) in [6, 6.07) is 16.0. The highest BCUT2D eigenvalue weighted by atomic mass is 19.1. The largest absolute Gasteiger partial charge is 0.346 e. The van der Waals surface area contributed by atoms with Crippen molar-refractivity contribution in [2.75, 3.05) is 25.0 Å². The second kappa shape index (κ2) is 9.91. The summed E-state index contributed by atoms with van der Waals surface area (Å²) < 4.78 is 17.0. The molecule has 1 aliphatic heterocycles. The lowest BCUT2D eigenvalue weighted by Gasteiger charge is -2.30.